The van der Waals surface area contributed by atoms with Crippen LogP contribution in [0.5, 0.6) is 0 Å². The summed E-state index contributed by atoms with van der Waals surface area (Å²) >= 11 is 0. The fraction of sp³-hybridized carbons (Fsp3) is 0.433. The van der Waals surface area contributed by atoms with Gasteiger partial charge in [-0.3, -0.25) is 10.1 Å². The van der Waals surface area contributed by atoms with Crippen LogP contribution in [0.2, 0.25) is 0 Å². The minimum absolute atomic E-state index is 0.0679. The Balaban J connectivity index is 1.73. The fourth-order valence-electron chi connectivity index (χ4n) is 5.65. The van der Waals surface area contributed by atoms with Crippen molar-refractivity contribution < 1.29 is 22.7 Å². The molecule has 2 aliphatic heterocycles. The molecule has 2 aliphatic rings. The molecule has 0 N–H and O–H groups in total. The van der Waals surface area contributed by atoms with Gasteiger partial charge in [-0.1, -0.05) is 33.8 Å². The van der Waals surface area contributed by atoms with Gasteiger partial charge in [0.1, 0.15) is 7.05 Å². The first-order valence-corrected chi connectivity index (χ1v) is 12.8. The second-order valence-corrected chi connectivity index (χ2v) is 11.6. The van der Waals surface area contributed by atoms with Crippen molar-refractivity contribution in [3.05, 3.63) is 87.1 Å². The van der Waals surface area contributed by atoms with Gasteiger partial charge >= 0.3 is 6.18 Å². The fourth-order valence-corrected chi connectivity index (χ4v) is 5.65. The van der Waals surface area contributed by atoms with Crippen molar-refractivity contribution in [2.45, 2.75) is 65.0 Å². The van der Waals surface area contributed by atoms with Crippen molar-refractivity contribution in [1.82, 2.24) is 0 Å². The molecule has 4 rings (SSSR count). The standard InChI is InChI=1S/C30H35F3N3O2/c1-19(2)15-16-35-25-14-12-21(36(37)38)18-23(25)29(5,6)27(35)10-8-9-26-28(3,4)22-17-20(30(31,32)33)11-13-24(22)34(26)7/h8-14,17-19H,15-16H2,1-7H3/q+1. The van der Waals surface area contributed by atoms with E-state index in [0.29, 0.717) is 11.5 Å². The van der Waals surface area contributed by atoms with E-state index >= 15 is 0 Å². The molecule has 0 atom stereocenters. The first kappa shape index (κ1) is 27.6. The van der Waals surface area contributed by atoms with E-state index in [4.69, 9.17) is 0 Å². The van der Waals surface area contributed by atoms with Crippen LogP contribution in [0, 0.1) is 16.0 Å². The van der Waals surface area contributed by atoms with Crippen molar-refractivity contribution in [2.75, 3.05) is 18.5 Å². The number of anilines is 1. The lowest BCUT2D eigenvalue weighted by Crippen LogP contribution is -2.28. The van der Waals surface area contributed by atoms with Gasteiger partial charge in [0.05, 0.1) is 15.9 Å². The number of fused-ring (bicyclic) bond motifs is 2. The summed E-state index contributed by atoms with van der Waals surface area (Å²) < 4.78 is 42.1. The molecule has 0 bridgehead atoms. The summed E-state index contributed by atoms with van der Waals surface area (Å²) in [6.45, 7) is 13.1. The van der Waals surface area contributed by atoms with E-state index in [9.17, 15) is 23.3 Å². The molecule has 0 radical (unpaired) electrons. The largest absolute Gasteiger partial charge is 0.416 e. The molecule has 2 heterocycles. The number of alkyl halides is 3. The highest BCUT2D eigenvalue weighted by Crippen LogP contribution is 2.49. The molecule has 0 saturated heterocycles. The third-order valence-electron chi connectivity index (χ3n) is 7.88. The molecule has 0 saturated carbocycles. The molecule has 0 unspecified atom stereocenters. The van der Waals surface area contributed by atoms with Gasteiger partial charge in [0.15, 0.2) is 5.71 Å². The minimum Gasteiger partial charge on any atom is -0.344 e. The van der Waals surface area contributed by atoms with Crippen molar-refractivity contribution >= 4 is 22.8 Å². The SMILES string of the molecule is CC(C)CCN1C(=CC=CC2=[N+](C)c3ccc(C(F)(F)F)cc3C2(C)C)C(C)(C)c2cc([N+](=O)[O-])ccc21. The highest BCUT2D eigenvalue weighted by molar-refractivity contribution is 6.03. The number of nitro groups is 1. The lowest BCUT2D eigenvalue weighted by Gasteiger charge is -2.27. The van der Waals surface area contributed by atoms with Gasteiger partial charge < -0.3 is 4.90 Å². The van der Waals surface area contributed by atoms with Crippen LogP contribution in [0.25, 0.3) is 0 Å². The lowest BCUT2D eigenvalue weighted by atomic mass is 9.80. The van der Waals surface area contributed by atoms with E-state index in [-0.39, 0.29) is 10.6 Å². The zero-order valence-electron chi connectivity index (χ0n) is 23.0. The number of allylic oxidation sites excluding steroid dienone is 4. The molecule has 0 aromatic heterocycles. The van der Waals surface area contributed by atoms with E-state index < -0.39 is 22.6 Å². The highest BCUT2D eigenvalue weighted by Gasteiger charge is 2.45. The Morgan fingerprint density at radius 1 is 1.05 bits per heavy atom. The van der Waals surface area contributed by atoms with Crippen LogP contribution in [-0.2, 0) is 17.0 Å². The van der Waals surface area contributed by atoms with Crippen LogP contribution < -0.4 is 4.90 Å². The van der Waals surface area contributed by atoms with Gasteiger partial charge in [0, 0.05) is 53.2 Å². The summed E-state index contributed by atoms with van der Waals surface area (Å²) in [7, 11) is 1.87. The van der Waals surface area contributed by atoms with E-state index in [1.807, 2.05) is 49.8 Å². The quantitative estimate of drug-likeness (QED) is 0.218. The van der Waals surface area contributed by atoms with Crippen molar-refractivity contribution in [1.29, 1.82) is 0 Å². The van der Waals surface area contributed by atoms with Crippen LogP contribution in [0.3, 0.4) is 0 Å². The molecule has 0 amide bonds. The average molecular weight is 527 g/mol. The Morgan fingerprint density at radius 3 is 2.34 bits per heavy atom. The number of nitro benzene ring substituents is 1. The molecule has 2 aromatic rings. The van der Waals surface area contributed by atoms with Crippen molar-refractivity contribution in [3.63, 3.8) is 0 Å². The van der Waals surface area contributed by atoms with E-state index in [1.54, 1.807) is 12.1 Å². The number of nitrogens with zero attached hydrogens (tertiary/aromatic N) is 3. The Labute approximate surface area is 222 Å². The number of non-ortho nitro benzene ring substituents is 1. The molecular weight excluding hydrogens is 491 g/mol. The Kier molecular flexibility index (Phi) is 6.83. The summed E-state index contributed by atoms with van der Waals surface area (Å²) in [5.41, 5.74) is 3.54. The smallest absolute Gasteiger partial charge is 0.344 e. The number of halogens is 3. The molecule has 5 nitrogen and oxygen atoms in total. The molecule has 2 aromatic carbocycles. The minimum atomic E-state index is -4.40. The van der Waals surface area contributed by atoms with Gasteiger partial charge in [0.25, 0.3) is 5.69 Å². The van der Waals surface area contributed by atoms with Gasteiger partial charge in [0.2, 0.25) is 5.69 Å². The van der Waals surface area contributed by atoms with Gasteiger partial charge in [-0.05, 0) is 56.0 Å². The Bertz CT molecular complexity index is 1380. The summed E-state index contributed by atoms with van der Waals surface area (Å²) in [5, 5.41) is 11.5. The third kappa shape index (κ3) is 4.65. The van der Waals surface area contributed by atoms with Gasteiger partial charge in [-0.25, -0.2) is 0 Å². The first-order chi connectivity index (χ1) is 17.6. The van der Waals surface area contributed by atoms with Crippen LogP contribution in [-0.4, -0.2) is 28.8 Å². The third-order valence-corrected chi connectivity index (χ3v) is 7.88. The highest BCUT2D eigenvalue weighted by atomic mass is 19.4. The molecule has 38 heavy (non-hydrogen) atoms. The number of hydrogen-bond acceptors (Lipinski definition) is 3. The lowest BCUT2D eigenvalue weighted by molar-refractivity contribution is -0.401. The molecule has 0 spiro atoms. The van der Waals surface area contributed by atoms with Crippen LogP contribution in [0.15, 0.2) is 60.3 Å². The van der Waals surface area contributed by atoms with E-state index in [0.717, 1.165) is 47.4 Å². The topological polar surface area (TPSA) is 49.4 Å². The molecule has 8 heteroatoms. The number of rotatable bonds is 6. The summed E-state index contributed by atoms with van der Waals surface area (Å²) in [6, 6.07) is 8.97. The number of hydrogen-bond donors (Lipinski definition) is 0. The normalized spacial score (nSPS) is 19.1. The van der Waals surface area contributed by atoms with Crippen LogP contribution in [0.1, 0.15) is 64.7 Å². The van der Waals surface area contributed by atoms with E-state index in [2.05, 4.69) is 32.6 Å². The van der Waals surface area contributed by atoms with Gasteiger partial charge in [-0.2, -0.15) is 17.7 Å². The predicted molar refractivity (Wildman–Crippen MR) is 145 cm³/mol. The summed E-state index contributed by atoms with van der Waals surface area (Å²) in [5.74, 6) is 0.487. The van der Waals surface area contributed by atoms with Crippen molar-refractivity contribution in [3.8, 4) is 0 Å². The van der Waals surface area contributed by atoms with Gasteiger partial charge in [-0.15, -0.1) is 0 Å². The molecule has 202 valence electrons. The summed E-state index contributed by atoms with van der Waals surface area (Å²) in [6.07, 6.45) is 2.50. The van der Waals surface area contributed by atoms with Crippen LogP contribution in [0.4, 0.5) is 30.2 Å². The number of benzene rings is 2. The Morgan fingerprint density at radius 2 is 1.74 bits per heavy atom. The summed E-state index contributed by atoms with van der Waals surface area (Å²) in [4.78, 5) is 13.3. The Hall–Kier alpha value is -3.42. The zero-order valence-corrected chi connectivity index (χ0v) is 23.0. The average Bonchev–Trinajstić information content (AvgIpc) is 3.15. The first-order valence-electron chi connectivity index (χ1n) is 12.8. The van der Waals surface area contributed by atoms with Crippen molar-refractivity contribution in [2.24, 2.45) is 5.92 Å². The zero-order chi connectivity index (χ0) is 28.2. The maximum absolute atomic E-state index is 13.4. The predicted octanol–water partition coefficient (Wildman–Crippen LogP) is 7.90. The second kappa shape index (κ2) is 9.40. The van der Waals surface area contributed by atoms with E-state index in [1.165, 1.54) is 12.1 Å². The molecule has 0 fully saturated rings. The maximum atomic E-state index is 13.4. The molecular formula is C30H35F3N3O2+. The van der Waals surface area contributed by atoms with Crippen LogP contribution >= 0.6 is 0 Å². The second-order valence-electron chi connectivity index (χ2n) is 11.6. The monoisotopic (exact) mass is 526 g/mol. The maximum Gasteiger partial charge on any atom is 0.416 e. The molecule has 0 aliphatic carbocycles.